The lowest BCUT2D eigenvalue weighted by Crippen LogP contribution is -2.26. The minimum absolute atomic E-state index is 0.283. The number of esters is 1. The predicted octanol–water partition coefficient (Wildman–Crippen LogP) is 4.25. The Morgan fingerprint density at radius 2 is 2.05 bits per heavy atom. The summed E-state index contributed by atoms with van der Waals surface area (Å²) in [6.07, 6.45) is 0.502. The normalized spacial score (nSPS) is 20.8. The standard InChI is InChI=1S/C18H18O3S/c1-3-20-17(19)15-12-18(21-13(15)2,16-10-7-11-22-16)14-8-5-4-6-9-14/h4-11H,3,12H2,1-2H3. The van der Waals surface area contributed by atoms with Gasteiger partial charge in [-0.1, -0.05) is 36.4 Å². The zero-order chi connectivity index (χ0) is 15.6. The third kappa shape index (κ3) is 2.44. The van der Waals surface area contributed by atoms with E-state index < -0.39 is 5.60 Å². The van der Waals surface area contributed by atoms with Gasteiger partial charge in [-0.05, 0) is 25.3 Å². The SMILES string of the molecule is CCOC(=O)C1=C(C)OC(c2ccccc2)(c2cccs2)C1. The number of allylic oxidation sites excluding steroid dienone is 1. The van der Waals surface area contributed by atoms with E-state index in [9.17, 15) is 4.79 Å². The average Bonchev–Trinajstić information content (AvgIpc) is 3.17. The number of thiophene rings is 1. The molecule has 22 heavy (non-hydrogen) atoms. The quantitative estimate of drug-likeness (QED) is 0.792. The molecule has 2 aromatic rings. The third-order valence-electron chi connectivity index (χ3n) is 3.86. The molecule has 3 rings (SSSR count). The van der Waals surface area contributed by atoms with Crippen LogP contribution in [0, 0.1) is 0 Å². The zero-order valence-corrected chi connectivity index (χ0v) is 13.5. The van der Waals surface area contributed by atoms with Crippen molar-refractivity contribution in [1.82, 2.24) is 0 Å². The van der Waals surface area contributed by atoms with E-state index in [0.717, 1.165) is 10.4 Å². The van der Waals surface area contributed by atoms with Crippen molar-refractivity contribution < 1.29 is 14.3 Å². The van der Waals surface area contributed by atoms with Gasteiger partial charge in [0.15, 0.2) is 5.60 Å². The molecule has 1 aromatic heterocycles. The van der Waals surface area contributed by atoms with E-state index in [2.05, 4.69) is 6.07 Å². The highest BCUT2D eigenvalue weighted by atomic mass is 32.1. The number of carbonyl (C=O) groups is 1. The second-order valence-corrected chi connectivity index (χ2v) is 6.15. The smallest absolute Gasteiger partial charge is 0.337 e. The molecule has 1 aromatic carbocycles. The summed E-state index contributed by atoms with van der Waals surface area (Å²) in [6.45, 7) is 4.02. The molecule has 114 valence electrons. The molecule has 0 saturated heterocycles. The summed E-state index contributed by atoms with van der Waals surface area (Å²) in [5.41, 5.74) is 1.05. The number of hydrogen-bond donors (Lipinski definition) is 0. The highest BCUT2D eigenvalue weighted by Crippen LogP contribution is 2.48. The lowest BCUT2D eigenvalue weighted by Gasteiger charge is -2.29. The van der Waals surface area contributed by atoms with Gasteiger partial charge in [-0.3, -0.25) is 0 Å². The number of hydrogen-bond acceptors (Lipinski definition) is 4. The van der Waals surface area contributed by atoms with Crippen LogP contribution in [-0.4, -0.2) is 12.6 Å². The molecule has 4 heteroatoms. The van der Waals surface area contributed by atoms with Gasteiger partial charge in [0.05, 0.1) is 17.1 Å². The van der Waals surface area contributed by atoms with Crippen molar-refractivity contribution >= 4 is 17.3 Å². The second kappa shape index (κ2) is 5.97. The molecule has 0 amide bonds. The molecule has 1 aliphatic rings. The van der Waals surface area contributed by atoms with E-state index in [1.165, 1.54) is 0 Å². The summed E-state index contributed by atoms with van der Waals surface area (Å²) in [5, 5.41) is 2.03. The van der Waals surface area contributed by atoms with Crippen molar-refractivity contribution in [2.24, 2.45) is 0 Å². The lowest BCUT2D eigenvalue weighted by atomic mass is 9.87. The van der Waals surface area contributed by atoms with E-state index in [0.29, 0.717) is 24.4 Å². The van der Waals surface area contributed by atoms with Crippen molar-refractivity contribution in [3.8, 4) is 0 Å². The number of benzene rings is 1. The molecule has 2 heterocycles. The zero-order valence-electron chi connectivity index (χ0n) is 12.7. The highest BCUT2D eigenvalue weighted by Gasteiger charge is 2.45. The van der Waals surface area contributed by atoms with E-state index in [-0.39, 0.29) is 5.97 Å². The van der Waals surface area contributed by atoms with Gasteiger partial charge in [0.25, 0.3) is 0 Å². The Kier molecular flexibility index (Phi) is 4.03. The molecule has 0 saturated carbocycles. The van der Waals surface area contributed by atoms with Crippen LogP contribution in [0.25, 0.3) is 0 Å². The Morgan fingerprint density at radius 1 is 1.27 bits per heavy atom. The summed E-state index contributed by atoms with van der Waals surface area (Å²) >= 11 is 1.64. The third-order valence-corrected chi connectivity index (χ3v) is 4.87. The van der Waals surface area contributed by atoms with Crippen LogP contribution in [0.2, 0.25) is 0 Å². The van der Waals surface area contributed by atoms with Crippen LogP contribution in [0.4, 0.5) is 0 Å². The summed E-state index contributed by atoms with van der Waals surface area (Å²) in [5.74, 6) is 0.366. The second-order valence-electron chi connectivity index (χ2n) is 5.20. The number of ether oxygens (including phenoxy) is 2. The topological polar surface area (TPSA) is 35.5 Å². The van der Waals surface area contributed by atoms with Crippen molar-refractivity contribution in [1.29, 1.82) is 0 Å². The molecule has 1 atom stereocenters. The molecule has 1 unspecified atom stereocenters. The maximum atomic E-state index is 12.2. The van der Waals surface area contributed by atoms with E-state index in [1.54, 1.807) is 11.3 Å². The minimum Gasteiger partial charge on any atom is -0.481 e. The molecule has 0 spiro atoms. The average molecular weight is 314 g/mol. The van der Waals surface area contributed by atoms with Crippen molar-refractivity contribution in [3.63, 3.8) is 0 Å². The van der Waals surface area contributed by atoms with E-state index in [1.807, 2.05) is 55.6 Å². The number of carbonyl (C=O) groups excluding carboxylic acids is 1. The van der Waals surface area contributed by atoms with Crippen LogP contribution in [0.1, 0.15) is 30.7 Å². The largest absolute Gasteiger partial charge is 0.481 e. The van der Waals surface area contributed by atoms with Crippen LogP contribution >= 0.6 is 11.3 Å². The molecular formula is C18H18O3S. The Balaban J connectivity index is 2.03. The lowest BCUT2D eigenvalue weighted by molar-refractivity contribution is -0.138. The van der Waals surface area contributed by atoms with E-state index >= 15 is 0 Å². The molecule has 0 aliphatic carbocycles. The Morgan fingerprint density at radius 3 is 2.68 bits per heavy atom. The van der Waals surface area contributed by atoms with Crippen molar-refractivity contribution in [2.45, 2.75) is 25.9 Å². The summed E-state index contributed by atoms with van der Waals surface area (Å²) in [4.78, 5) is 13.3. The van der Waals surface area contributed by atoms with Gasteiger partial charge in [0.1, 0.15) is 5.76 Å². The monoisotopic (exact) mass is 314 g/mol. The first kappa shape index (κ1) is 14.9. The maximum absolute atomic E-state index is 12.2. The molecule has 0 fully saturated rings. The molecule has 3 nitrogen and oxygen atoms in total. The fourth-order valence-corrected chi connectivity index (χ4v) is 3.71. The van der Waals surface area contributed by atoms with Crippen molar-refractivity contribution in [3.05, 3.63) is 69.6 Å². The van der Waals surface area contributed by atoms with Gasteiger partial charge < -0.3 is 9.47 Å². The molecule has 0 bridgehead atoms. The van der Waals surface area contributed by atoms with Crippen molar-refractivity contribution in [2.75, 3.05) is 6.61 Å². The molecule has 0 N–H and O–H groups in total. The van der Waals surface area contributed by atoms with Gasteiger partial charge in [0.2, 0.25) is 0 Å². The summed E-state index contributed by atoms with van der Waals surface area (Å²) in [6, 6.07) is 14.1. The van der Waals surface area contributed by atoms with Crippen LogP contribution in [0.5, 0.6) is 0 Å². The highest BCUT2D eigenvalue weighted by molar-refractivity contribution is 7.10. The molecule has 1 aliphatic heterocycles. The van der Waals surface area contributed by atoms with Crippen LogP contribution in [0.3, 0.4) is 0 Å². The Bertz CT molecular complexity index is 688. The summed E-state index contributed by atoms with van der Waals surface area (Å²) < 4.78 is 11.4. The first-order valence-corrected chi connectivity index (χ1v) is 8.20. The minimum atomic E-state index is -0.623. The predicted molar refractivity (Wildman–Crippen MR) is 86.6 cm³/mol. The Labute approximate surface area is 134 Å². The molecular weight excluding hydrogens is 296 g/mol. The fourth-order valence-electron chi connectivity index (χ4n) is 2.82. The van der Waals surface area contributed by atoms with Crippen LogP contribution in [-0.2, 0) is 19.9 Å². The van der Waals surface area contributed by atoms with Crippen LogP contribution < -0.4 is 0 Å². The maximum Gasteiger partial charge on any atom is 0.337 e. The van der Waals surface area contributed by atoms with Gasteiger partial charge in [-0.2, -0.15) is 0 Å². The van der Waals surface area contributed by atoms with E-state index in [4.69, 9.17) is 9.47 Å². The van der Waals surface area contributed by atoms with Gasteiger partial charge >= 0.3 is 5.97 Å². The fraction of sp³-hybridized carbons (Fsp3) is 0.278. The molecule has 0 radical (unpaired) electrons. The van der Waals surface area contributed by atoms with Gasteiger partial charge in [-0.15, -0.1) is 11.3 Å². The van der Waals surface area contributed by atoms with Gasteiger partial charge in [-0.25, -0.2) is 4.79 Å². The van der Waals surface area contributed by atoms with Crippen LogP contribution in [0.15, 0.2) is 59.2 Å². The summed E-state index contributed by atoms with van der Waals surface area (Å²) in [7, 11) is 0. The number of rotatable bonds is 4. The van der Waals surface area contributed by atoms with Gasteiger partial charge in [0, 0.05) is 12.0 Å². The first-order valence-electron chi connectivity index (χ1n) is 7.33. The first-order chi connectivity index (χ1) is 10.7. The Hall–Kier alpha value is -2.07.